The quantitative estimate of drug-likeness (QED) is 0.494. The maximum Gasteiger partial charge on any atom is 0.189 e. The Morgan fingerprint density at radius 1 is 1.44 bits per heavy atom. The van der Waals surface area contributed by atoms with Gasteiger partial charge in [0.1, 0.15) is 5.82 Å². The third-order valence-corrected chi connectivity index (χ3v) is 3.66. The van der Waals surface area contributed by atoms with E-state index in [0.717, 1.165) is 34.7 Å². The molecule has 0 aliphatic rings. The van der Waals surface area contributed by atoms with Crippen molar-refractivity contribution in [3.8, 4) is 0 Å². The van der Waals surface area contributed by atoms with Gasteiger partial charge in [0.25, 0.3) is 0 Å². The number of hydrogen-bond acceptors (Lipinski definition) is 4. The Hall–Kier alpha value is -0.290. The number of nitrogens with one attached hydrogen (secondary N) is 1. The van der Waals surface area contributed by atoms with Crippen LogP contribution in [-0.4, -0.2) is 22.3 Å². The van der Waals surface area contributed by atoms with Crippen LogP contribution in [0.25, 0.3) is 0 Å². The van der Waals surface area contributed by atoms with Crippen molar-refractivity contribution in [3.05, 3.63) is 11.8 Å². The second kappa shape index (κ2) is 7.12. The van der Waals surface area contributed by atoms with Crippen molar-refractivity contribution in [3.63, 3.8) is 0 Å². The number of aromatic nitrogens is 2. The van der Waals surface area contributed by atoms with Gasteiger partial charge in [-0.3, -0.25) is 0 Å². The average molecular weight is 304 g/mol. The van der Waals surface area contributed by atoms with Gasteiger partial charge in [-0.2, -0.15) is 0 Å². The van der Waals surface area contributed by atoms with Crippen LogP contribution < -0.4 is 5.32 Å². The highest BCUT2D eigenvalue weighted by Crippen LogP contribution is 2.20. The summed E-state index contributed by atoms with van der Waals surface area (Å²) in [5.41, 5.74) is 1.12. The predicted molar refractivity (Wildman–Crippen MR) is 74.4 cm³/mol. The maximum absolute atomic E-state index is 4.51. The molecule has 1 N–H and O–H groups in total. The van der Waals surface area contributed by atoms with Crippen LogP contribution in [0.2, 0.25) is 0 Å². The molecule has 0 amide bonds. The fourth-order valence-corrected chi connectivity index (χ4v) is 2.15. The summed E-state index contributed by atoms with van der Waals surface area (Å²) in [6.07, 6.45) is 6.09. The highest BCUT2D eigenvalue weighted by atomic mass is 79.9. The first-order valence-electron chi connectivity index (χ1n) is 5.47. The van der Waals surface area contributed by atoms with Crippen molar-refractivity contribution in [2.75, 3.05) is 11.6 Å². The summed E-state index contributed by atoms with van der Waals surface area (Å²) >= 11 is 5.03. The SMILES string of the molecule is CCC(CC)Nc1nc(SC)ncc1CBr. The van der Waals surface area contributed by atoms with Gasteiger partial charge in [0.15, 0.2) is 5.16 Å². The smallest absolute Gasteiger partial charge is 0.189 e. The number of alkyl halides is 1. The summed E-state index contributed by atoms with van der Waals surface area (Å²) in [6, 6.07) is 0.488. The number of nitrogens with zero attached hydrogens (tertiary/aromatic N) is 2. The highest BCUT2D eigenvalue weighted by molar-refractivity contribution is 9.08. The molecule has 5 heteroatoms. The van der Waals surface area contributed by atoms with Crippen LogP contribution in [0.3, 0.4) is 0 Å². The monoisotopic (exact) mass is 303 g/mol. The van der Waals surface area contributed by atoms with Gasteiger partial charge in [0, 0.05) is 23.1 Å². The van der Waals surface area contributed by atoms with Crippen molar-refractivity contribution in [2.45, 2.75) is 43.2 Å². The van der Waals surface area contributed by atoms with Crippen molar-refractivity contribution in [1.82, 2.24) is 9.97 Å². The van der Waals surface area contributed by atoms with Gasteiger partial charge in [-0.05, 0) is 19.1 Å². The van der Waals surface area contributed by atoms with E-state index in [9.17, 15) is 0 Å². The molecule has 0 atom stereocenters. The van der Waals surface area contributed by atoms with E-state index in [1.807, 2.05) is 12.5 Å². The van der Waals surface area contributed by atoms with Gasteiger partial charge >= 0.3 is 0 Å². The van der Waals surface area contributed by atoms with Gasteiger partial charge < -0.3 is 5.32 Å². The summed E-state index contributed by atoms with van der Waals surface area (Å²) in [6.45, 7) is 4.37. The minimum atomic E-state index is 0.488. The zero-order valence-corrected chi connectivity index (χ0v) is 12.4. The van der Waals surface area contributed by atoms with Crippen LogP contribution in [0.4, 0.5) is 5.82 Å². The van der Waals surface area contributed by atoms with E-state index < -0.39 is 0 Å². The van der Waals surface area contributed by atoms with Crippen molar-refractivity contribution in [2.24, 2.45) is 0 Å². The van der Waals surface area contributed by atoms with Crippen LogP contribution in [0.1, 0.15) is 32.3 Å². The Morgan fingerprint density at radius 3 is 2.62 bits per heavy atom. The summed E-state index contributed by atoms with van der Waals surface area (Å²) in [7, 11) is 0. The summed E-state index contributed by atoms with van der Waals surface area (Å²) in [4.78, 5) is 8.78. The number of rotatable bonds is 6. The third kappa shape index (κ3) is 3.63. The number of thioether (sulfide) groups is 1. The van der Waals surface area contributed by atoms with E-state index in [4.69, 9.17) is 0 Å². The normalized spacial score (nSPS) is 10.8. The van der Waals surface area contributed by atoms with E-state index in [2.05, 4.69) is 45.1 Å². The molecular weight excluding hydrogens is 286 g/mol. The van der Waals surface area contributed by atoms with Gasteiger partial charge in [0.05, 0.1) is 0 Å². The van der Waals surface area contributed by atoms with E-state index in [0.29, 0.717) is 6.04 Å². The molecule has 16 heavy (non-hydrogen) atoms. The molecule has 0 saturated heterocycles. The Morgan fingerprint density at radius 2 is 2.12 bits per heavy atom. The molecule has 1 aromatic rings. The minimum absolute atomic E-state index is 0.488. The van der Waals surface area contributed by atoms with Gasteiger partial charge in [0.2, 0.25) is 0 Å². The van der Waals surface area contributed by atoms with E-state index >= 15 is 0 Å². The molecule has 0 saturated carbocycles. The van der Waals surface area contributed by atoms with E-state index in [1.165, 1.54) is 0 Å². The topological polar surface area (TPSA) is 37.8 Å². The molecule has 0 unspecified atom stereocenters. The summed E-state index contributed by atoms with van der Waals surface area (Å²) < 4.78 is 0. The van der Waals surface area contributed by atoms with Crippen LogP contribution in [0.5, 0.6) is 0 Å². The van der Waals surface area contributed by atoms with Gasteiger partial charge in [-0.15, -0.1) is 0 Å². The third-order valence-electron chi connectivity index (χ3n) is 2.50. The number of anilines is 1. The molecule has 3 nitrogen and oxygen atoms in total. The van der Waals surface area contributed by atoms with Crippen LogP contribution in [-0.2, 0) is 5.33 Å². The molecule has 0 aliphatic heterocycles. The first kappa shape index (κ1) is 13.8. The molecular formula is C11H18BrN3S. The number of hydrogen-bond donors (Lipinski definition) is 1. The zero-order chi connectivity index (χ0) is 12.0. The summed E-state index contributed by atoms with van der Waals surface area (Å²) in [5.74, 6) is 0.963. The lowest BCUT2D eigenvalue weighted by Gasteiger charge is -2.17. The van der Waals surface area contributed by atoms with Crippen molar-refractivity contribution >= 4 is 33.5 Å². The van der Waals surface area contributed by atoms with Crippen molar-refractivity contribution in [1.29, 1.82) is 0 Å². The second-order valence-corrected chi connectivity index (χ2v) is 4.86. The highest BCUT2D eigenvalue weighted by Gasteiger charge is 2.09. The Balaban J connectivity index is 2.90. The minimum Gasteiger partial charge on any atom is -0.367 e. The fourth-order valence-electron chi connectivity index (χ4n) is 1.40. The largest absolute Gasteiger partial charge is 0.367 e. The maximum atomic E-state index is 4.51. The first-order chi connectivity index (χ1) is 7.74. The second-order valence-electron chi connectivity index (χ2n) is 3.52. The lowest BCUT2D eigenvalue weighted by Crippen LogP contribution is -2.19. The molecule has 90 valence electrons. The van der Waals surface area contributed by atoms with E-state index in [1.54, 1.807) is 11.8 Å². The average Bonchev–Trinajstić information content (AvgIpc) is 2.35. The molecule has 0 aromatic carbocycles. The van der Waals surface area contributed by atoms with Gasteiger partial charge in [-0.25, -0.2) is 9.97 Å². The molecule has 0 aliphatic carbocycles. The molecule has 0 bridgehead atoms. The zero-order valence-electron chi connectivity index (χ0n) is 9.96. The van der Waals surface area contributed by atoms with Crippen molar-refractivity contribution < 1.29 is 0 Å². The van der Waals surface area contributed by atoms with E-state index in [-0.39, 0.29) is 0 Å². The molecule has 0 spiro atoms. The first-order valence-corrected chi connectivity index (χ1v) is 7.82. The Kier molecular flexibility index (Phi) is 6.13. The lowest BCUT2D eigenvalue weighted by molar-refractivity contribution is 0.665. The number of halogens is 1. The molecule has 1 heterocycles. The van der Waals surface area contributed by atoms with Gasteiger partial charge in [-0.1, -0.05) is 41.5 Å². The standard InChI is InChI=1S/C11H18BrN3S/c1-4-9(5-2)14-10-8(6-12)7-13-11(15-10)16-3/h7,9H,4-6H2,1-3H3,(H,13,14,15). The molecule has 1 rings (SSSR count). The Bertz CT molecular complexity index is 329. The summed E-state index contributed by atoms with van der Waals surface area (Å²) in [5, 5.41) is 5.08. The molecule has 1 aromatic heterocycles. The Labute approximate surface area is 110 Å². The van der Waals surface area contributed by atoms with Crippen LogP contribution in [0, 0.1) is 0 Å². The molecule has 0 fully saturated rings. The predicted octanol–water partition coefficient (Wildman–Crippen LogP) is 3.69. The van der Waals surface area contributed by atoms with Crippen LogP contribution in [0.15, 0.2) is 11.4 Å². The molecule has 0 radical (unpaired) electrons. The lowest BCUT2D eigenvalue weighted by atomic mass is 10.1. The fraction of sp³-hybridized carbons (Fsp3) is 0.636. The van der Waals surface area contributed by atoms with Crippen LogP contribution >= 0.6 is 27.7 Å².